The first-order valence-corrected chi connectivity index (χ1v) is 7.49. The zero-order valence-electron chi connectivity index (χ0n) is 12.4. The van der Waals surface area contributed by atoms with Crippen molar-refractivity contribution >= 4 is 11.4 Å². The van der Waals surface area contributed by atoms with Gasteiger partial charge in [-0.3, -0.25) is 10.1 Å². The van der Waals surface area contributed by atoms with E-state index in [1.54, 1.807) is 6.07 Å². The second-order valence-electron chi connectivity index (χ2n) is 5.85. The molecule has 0 aliphatic carbocycles. The molecule has 2 heterocycles. The van der Waals surface area contributed by atoms with E-state index in [-0.39, 0.29) is 10.6 Å². The molecular formula is C15H21N3O3. The van der Waals surface area contributed by atoms with Gasteiger partial charge in [0.05, 0.1) is 17.6 Å². The van der Waals surface area contributed by atoms with Crippen molar-refractivity contribution in [1.29, 1.82) is 0 Å². The molecule has 3 atom stereocenters. The Morgan fingerprint density at radius 1 is 1.43 bits per heavy atom. The molecule has 6 heteroatoms. The number of hydrogen-bond donors (Lipinski definition) is 1. The summed E-state index contributed by atoms with van der Waals surface area (Å²) in [7, 11) is 0. The Hall–Kier alpha value is -1.82. The van der Waals surface area contributed by atoms with Crippen molar-refractivity contribution < 1.29 is 9.66 Å². The number of rotatable bonds is 4. The lowest BCUT2D eigenvalue weighted by Crippen LogP contribution is -2.33. The molecule has 2 aliphatic rings. The van der Waals surface area contributed by atoms with Gasteiger partial charge in [-0.15, -0.1) is 0 Å². The number of non-ortho nitro benzene ring substituents is 1. The number of nitro groups is 1. The average Bonchev–Trinajstić information content (AvgIpc) is 3.02. The Morgan fingerprint density at radius 3 is 2.90 bits per heavy atom. The number of nitrogens with zero attached hydrogens (tertiary/aromatic N) is 2. The van der Waals surface area contributed by atoms with E-state index in [4.69, 9.17) is 4.74 Å². The Bertz CT molecular complexity index is 549. The highest BCUT2D eigenvalue weighted by atomic mass is 16.6. The van der Waals surface area contributed by atoms with Gasteiger partial charge >= 0.3 is 0 Å². The number of fused-ring (bicyclic) bond motifs is 1. The van der Waals surface area contributed by atoms with Crippen LogP contribution in [0.5, 0.6) is 5.75 Å². The number of nitrogens with one attached hydrogen (secondary N) is 1. The molecule has 21 heavy (non-hydrogen) atoms. The van der Waals surface area contributed by atoms with Gasteiger partial charge < -0.3 is 15.0 Å². The fourth-order valence-electron chi connectivity index (χ4n) is 3.60. The van der Waals surface area contributed by atoms with Crippen LogP contribution in [0.1, 0.15) is 13.8 Å². The Labute approximate surface area is 124 Å². The van der Waals surface area contributed by atoms with Crippen LogP contribution in [0.4, 0.5) is 11.4 Å². The van der Waals surface area contributed by atoms with Crippen molar-refractivity contribution in [1.82, 2.24) is 5.32 Å². The first kappa shape index (κ1) is 14.1. The molecule has 114 valence electrons. The van der Waals surface area contributed by atoms with Crippen LogP contribution in [0.25, 0.3) is 0 Å². The van der Waals surface area contributed by atoms with E-state index in [1.807, 2.05) is 13.0 Å². The Balaban J connectivity index is 1.92. The van der Waals surface area contributed by atoms with E-state index < -0.39 is 0 Å². The Kier molecular flexibility index (Phi) is 3.71. The van der Waals surface area contributed by atoms with E-state index >= 15 is 0 Å². The van der Waals surface area contributed by atoms with Gasteiger partial charge in [-0.25, -0.2) is 0 Å². The summed E-state index contributed by atoms with van der Waals surface area (Å²) >= 11 is 0. The largest absolute Gasteiger partial charge is 0.494 e. The highest BCUT2D eigenvalue weighted by Crippen LogP contribution is 2.38. The number of ether oxygens (including phenoxy) is 1. The maximum absolute atomic E-state index is 11.1. The van der Waals surface area contributed by atoms with Gasteiger partial charge in [0.1, 0.15) is 5.75 Å². The maximum atomic E-state index is 11.1. The SMILES string of the molecule is CCOc1cc(N2CC3CNCC3C2C)cc([N+](=O)[O-])c1. The van der Waals surface area contributed by atoms with Crippen LogP contribution >= 0.6 is 0 Å². The van der Waals surface area contributed by atoms with Gasteiger partial charge in [-0.05, 0) is 25.7 Å². The molecule has 3 unspecified atom stereocenters. The van der Waals surface area contributed by atoms with Crippen molar-refractivity contribution in [3.05, 3.63) is 28.3 Å². The van der Waals surface area contributed by atoms with E-state index in [0.29, 0.717) is 30.2 Å². The molecule has 2 saturated heterocycles. The average molecular weight is 291 g/mol. The second-order valence-corrected chi connectivity index (χ2v) is 5.85. The van der Waals surface area contributed by atoms with Gasteiger partial charge in [0.2, 0.25) is 0 Å². The topological polar surface area (TPSA) is 67.6 Å². The third-order valence-electron chi connectivity index (χ3n) is 4.66. The summed E-state index contributed by atoms with van der Waals surface area (Å²) < 4.78 is 5.48. The number of hydrogen-bond acceptors (Lipinski definition) is 5. The first-order valence-electron chi connectivity index (χ1n) is 7.49. The molecule has 0 amide bonds. The molecule has 1 aromatic carbocycles. The first-order chi connectivity index (χ1) is 10.1. The summed E-state index contributed by atoms with van der Waals surface area (Å²) in [4.78, 5) is 13.1. The fraction of sp³-hybridized carbons (Fsp3) is 0.600. The van der Waals surface area contributed by atoms with Crippen molar-refractivity contribution in [2.75, 3.05) is 31.1 Å². The van der Waals surface area contributed by atoms with Crippen LogP contribution in [0.3, 0.4) is 0 Å². The maximum Gasteiger partial charge on any atom is 0.275 e. The van der Waals surface area contributed by atoms with Crippen molar-refractivity contribution in [3.8, 4) is 5.75 Å². The molecule has 0 radical (unpaired) electrons. The molecule has 1 N–H and O–H groups in total. The van der Waals surface area contributed by atoms with Crippen molar-refractivity contribution in [3.63, 3.8) is 0 Å². The normalized spacial score (nSPS) is 27.7. The van der Waals surface area contributed by atoms with Crippen LogP contribution in [0.15, 0.2) is 18.2 Å². The summed E-state index contributed by atoms with van der Waals surface area (Å²) in [6.45, 7) is 7.62. The van der Waals surface area contributed by atoms with Gasteiger partial charge in [0.15, 0.2) is 0 Å². The quantitative estimate of drug-likeness (QED) is 0.679. The molecule has 2 aliphatic heterocycles. The standard InChI is InChI=1S/C15H21N3O3/c1-3-21-14-5-12(4-13(6-14)18(19)20)17-9-11-7-16-8-15(11)10(17)2/h4-6,10-11,15-16H,3,7-9H2,1-2H3. The van der Waals surface area contributed by atoms with Crippen molar-refractivity contribution in [2.45, 2.75) is 19.9 Å². The lowest BCUT2D eigenvalue weighted by atomic mass is 9.95. The smallest absolute Gasteiger partial charge is 0.275 e. The lowest BCUT2D eigenvalue weighted by molar-refractivity contribution is -0.384. The second kappa shape index (κ2) is 5.52. The molecule has 0 spiro atoms. The molecule has 0 saturated carbocycles. The van der Waals surface area contributed by atoms with E-state index in [0.717, 1.165) is 25.3 Å². The van der Waals surface area contributed by atoms with Gasteiger partial charge in [0.25, 0.3) is 5.69 Å². The zero-order chi connectivity index (χ0) is 15.0. The van der Waals surface area contributed by atoms with Gasteiger partial charge in [0, 0.05) is 43.5 Å². The zero-order valence-corrected chi connectivity index (χ0v) is 12.4. The van der Waals surface area contributed by atoms with Crippen LogP contribution in [0.2, 0.25) is 0 Å². The van der Waals surface area contributed by atoms with Crippen LogP contribution < -0.4 is 15.0 Å². The van der Waals surface area contributed by atoms with Gasteiger partial charge in [-0.2, -0.15) is 0 Å². The van der Waals surface area contributed by atoms with E-state index in [1.165, 1.54) is 6.07 Å². The van der Waals surface area contributed by atoms with Gasteiger partial charge in [-0.1, -0.05) is 0 Å². The molecule has 3 rings (SSSR count). The molecule has 0 bridgehead atoms. The molecule has 0 aromatic heterocycles. The number of benzene rings is 1. The van der Waals surface area contributed by atoms with Crippen LogP contribution in [0, 0.1) is 22.0 Å². The molecule has 2 fully saturated rings. The predicted molar refractivity (Wildman–Crippen MR) is 80.9 cm³/mol. The third-order valence-corrected chi connectivity index (χ3v) is 4.66. The minimum atomic E-state index is -0.352. The van der Waals surface area contributed by atoms with E-state index in [9.17, 15) is 10.1 Å². The highest BCUT2D eigenvalue weighted by Gasteiger charge is 2.42. The monoisotopic (exact) mass is 291 g/mol. The molecular weight excluding hydrogens is 270 g/mol. The van der Waals surface area contributed by atoms with Crippen molar-refractivity contribution in [2.24, 2.45) is 11.8 Å². The summed E-state index contributed by atoms with van der Waals surface area (Å²) in [6.07, 6.45) is 0. The van der Waals surface area contributed by atoms with Crippen LogP contribution in [-0.4, -0.2) is 37.2 Å². The number of nitro benzene ring substituents is 1. The predicted octanol–water partition coefficient (Wildman–Crippen LogP) is 2.04. The Morgan fingerprint density at radius 2 is 2.24 bits per heavy atom. The molecule has 1 aromatic rings. The molecule has 6 nitrogen and oxygen atoms in total. The minimum absolute atomic E-state index is 0.0957. The summed E-state index contributed by atoms with van der Waals surface area (Å²) in [5.41, 5.74) is 0.993. The summed E-state index contributed by atoms with van der Waals surface area (Å²) in [5, 5.41) is 14.6. The number of anilines is 1. The summed E-state index contributed by atoms with van der Waals surface area (Å²) in [6, 6.07) is 5.46. The minimum Gasteiger partial charge on any atom is -0.494 e. The third kappa shape index (κ3) is 2.55. The lowest BCUT2D eigenvalue weighted by Gasteiger charge is -2.27. The van der Waals surface area contributed by atoms with Crippen LogP contribution in [-0.2, 0) is 0 Å². The fourth-order valence-corrected chi connectivity index (χ4v) is 3.60. The van der Waals surface area contributed by atoms with E-state index in [2.05, 4.69) is 17.1 Å². The summed E-state index contributed by atoms with van der Waals surface area (Å²) in [5.74, 6) is 1.83. The highest BCUT2D eigenvalue weighted by molar-refractivity contribution is 5.59.